The summed E-state index contributed by atoms with van der Waals surface area (Å²) in [6, 6.07) is 7.86. The fourth-order valence-electron chi connectivity index (χ4n) is 1.79. The number of thiazole rings is 1. The molecule has 0 saturated carbocycles. The van der Waals surface area contributed by atoms with Gasteiger partial charge >= 0.3 is 0 Å². The van der Waals surface area contributed by atoms with Gasteiger partial charge in [-0.05, 0) is 13.0 Å². The van der Waals surface area contributed by atoms with Crippen molar-refractivity contribution in [2.24, 2.45) is 5.73 Å². The molecule has 0 radical (unpaired) electrons. The SMILES string of the molecule is CC(C)c1nc(COc2ccccc2[C@H](C)N)cs1. The normalized spacial score (nSPS) is 12.7. The van der Waals surface area contributed by atoms with Gasteiger partial charge in [0.15, 0.2) is 0 Å². The van der Waals surface area contributed by atoms with E-state index in [0.717, 1.165) is 22.0 Å². The Morgan fingerprint density at radius 1 is 1.26 bits per heavy atom. The molecule has 4 heteroatoms. The molecular weight excluding hydrogens is 256 g/mol. The van der Waals surface area contributed by atoms with Crippen LogP contribution in [0.15, 0.2) is 29.6 Å². The van der Waals surface area contributed by atoms with Crippen LogP contribution in [0.3, 0.4) is 0 Å². The van der Waals surface area contributed by atoms with Crippen LogP contribution in [-0.2, 0) is 6.61 Å². The van der Waals surface area contributed by atoms with Gasteiger partial charge in [-0.3, -0.25) is 0 Å². The zero-order valence-electron chi connectivity index (χ0n) is 11.6. The maximum absolute atomic E-state index is 5.93. The maximum atomic E-state index is 5.93. The van der Waals surface area contributed by atoms with Crippen molar-refractivity contribution in [2.75, 3.05) is 0 Å². The second kappa shape index (κ2) is 6.17. The monoisotopic (exact) mass is 276 g/mol. The van der Waals surface area contributed by atoms with Crippen molar-refractivity contribution in [3.8, 4) is 5.75 Å². The van der Waals surface area contributed by atoms with E-state index >= 15 is 0 Å². The van der Waals surface area contributed by atoms with Crippen LogP contribution in [0.25, 0.3) is 0 Å². The Balaban J connectivity index is 2.06. The Labute approximate surface area is 118 Å². The van der Waals surface area contributed by atoms with E-state index in [0.29, 0.717) is 12.5 Å². The topological polar surface area (TPSA) is 48.1 Å². The van der Waals surface area contributed by atoms with E-state index in [1.807, 2.05) is 31.2 Å². The number of rotatable bonds is 5. The minimum atomic E-state index is -0.0298. The van der Waals surface area contributed by atoms with Crippen LogP contribution in [0, 0.1) is 0 Å². The molecule has 0 aliphatic carbocycles. The highest BCUT2D eigenvalue weighted by Gasteiger charge is 2.09. The molecule has 102 valence electrons. The Hall–Kier alpha value is -1.39. The molecule has 19 heavy (non-hydrogen) atoms. The minimum absolute atomic E-state index is 0.0298. The minimum Gasteiger partial charge on any atom is -0.487 e. The number of para-hydroxylation sites is 1. The molecule has 0 spiro atoms. The highest BCUT2D eigenvalue weighted by atomic mass is 32.1. The van der Waals surface area contributed by atoms with Gasteiger partial charge in [-0.25, -0.2) is 4.98 Å². The van der Waals surface area contributed by atoms with Crippen molar-refractivity contribution in [2.45, 2.75) is 39.3 Å². The highest BCUT2D eigenvalue weighted by molar-refractivity contribution is 7.09. The fraction of sp³-hybridized carbons (Fsp3) is 0.400. The van der Waals surface area contributed by atoms with Crippen LogP contribution in [0.2, 0.25) is 0 Å². The molecule has 3 nitrogen and oxygen atoms in total. The van der Waals surface area contributed by atoms with Gasteiger partial charge in [0.05, 0.1) is 10.7 Å². The summed E-state index contributed by atoms with van der Waals surface area (Å²) in [5.74, 6) is 1.31. The van der Waals surface area contributed by atoms with E-state index in [-0.39, 0.29) is 6.04 Å². The number of hydrogen-bond acceptors (Lipinski definition) is 4. The smallest absolute Gasteiger partial charge is 0.131 e. The van der Waals surface area contributed by atoms with Crippen molar-refractivity contribution < 1.29 is 4.74 Å². The van der Waals surface area contributed by atoms with Gasteiger partial charge in [0, 0.05) is 22.9 Å². The summed E-state index contributed by atoms with van der Waals surface area (Å²) in [7, 11) is 0. The van der Waals surface area contributed by atoms with Crippen molar-refractivity contribution in [3.05, 3.63) is 45.9 Å². The van der Waals surface area contributed by atoms with E-state index in [1.165, 1.54) is 0 Å². The average Bonchev–Trinajstić information content (AvgIpc) is 2.85. The molecule has 1 aromatic carbocycles. The summed E-state index contributed by atoms with van der Waals surface area (Å²) in [4.78, 5) is 4.56. The van der Waals surface area contributed by atoms with E-state index < -0.39 is 0 Å². The third-order valence-electron chi connectivity index (χ3n) is 2.85. The fourth-order valence-corrected chi connectivity index (χ4v) is 2.61. The van der Waals surface area contributed by atoms with E-state index in [4.69, 9.17) is 10.5 Å². The number of hydrogen-bond donors (Lipinski definition) is 1. The summed E-state index contributed by atoms with van der Waals surface area (Å²) < 4.78 is 5.84. The van der Waals surface area contributed by atoms with Gasteiger partial charge in [-0.2, -0.15) is 0 Å². The van der Waals surface area contributed by atoms with Gasteiger partial charge in [0.1, 0.15) is 12.4 Å². The summed E-state index contributed by atoms with van der Waals surface area (Å²) in [5.41, 5.74) is 7.94. The molecule has 2 rings (SSSR count). The van der Waals surface area contributed by atoms with E-state index in [1.54, 1.807) is 11.3 Å². The molecule has 0 fully saturated rings. The maximum Gasteiger partial charge on any atom is 0.131 e. The van der Waals surface area contributed by atoms with Gasteiger partial charge in [-0.1, -0.05) is 32.0 Å². The van der Waals surface area contributed by atoms with E-state index in [2.05, 4.69) is 24.2 Å². The van der Waals surface area contributed by atoms with Crippen LogP contribution in [0.5, 0.6) is 5.75 Å². The molecule has 2 aromatic rings. The number of nitrogens with zero attached hydrogens (tertiary/aromatic N) is 1. The lowest BCUT2D eigenvalue weighted by molar-refractivity contribution is 0.297. The molecule has 1 atom stereocenters. The first-order valence-corrected chi connectivity index (χ1v) is 7.37. The Morgan fingerprint density at radius 3 is 2.63 bits per heavy atom. The molecule has 0 aliphatic heterocycles. The second-order valence-electron chi connectivity index (χ2n) is 4.95. The number of nitrogens with two attached hydrogens (primary N) is 1. The first kappa shape index (κ1) is 14.0. The summed E-state index contributed by atoms with van der Waals surface area (Å²) in [5, 5.41) is 3.21. The van der Waals surface area contributed by atoms with Crippen molar-refractivity contribution >= 4 is 11.3 Å². The van der Waals surface area contributed by atoms with Crippen LogP contribution < -0.4 is 10.5 Å². The van der Waals surface area contributed by atoms with Gasteiger partial charge < -0.3 is 10.5 Å². The van der Waals surface area contributed by atoms with Crippen LogP contribution in [0.4, 0.5) is 0 Å². The lowest BCUT2D eigenvalue weighted by Gasteiger charge is -2.12. The first-order chi connectivity index (χ1) is 9.08. The first-order valence-electron chi connectivity index (χ1n) is 6.49. The predicted octanol–water partition coefficient (Wildman–Crippen LogP) is 3.87. The molecule has 0 amide bonds. The molecule has 0 saturated heterocycles. The second-order valence-corrected chi connectivity index (χ2v) is 5.84. The van der Waals surface area contributed by atoms with Crippen LogP contribution in [-0.4, -0.2) is 4.98 Å². The third-order valence-corrected chi connectivity index (χ3v) is 4.04. The average molecular weight is 276 g/mol. The Kier molecular flexibility index (Phi) is 4.56. The van der Waals surface area contributed by atoms with Gasteiger partial charge in [0.25, 0.3) is 0 Å². The van der Waals surface area contributed by atoms with Crippen molar-refractivity contribution in [1.82, 2.24) is 4.98 Å². The molecular formula is C15H20N2OS. The zero-order valence-corrected chi connectivity index (χ0v) is 12.4. The summed E-state index contributed by atoms with van der Waals surface area (Å²) >= 11 is 1.69. The van der Waals surface area contributed by atoms with Gasteiger partial charge in [0.2, 0.25) is 0 Å². The summed E-state index contributed by atoms with van der Waals surface area (Å²) in [6.45, 7) is 6.75. The standard InChI is InChI=1S/C15H20N2OS/c1-10(2)15-17-12(9-19-15)8-18-14-7-5-4-6-13(14)11(3)16/h4-7,9-11H,8,16H2,1-3H3/t11-/m0/s1. The Bertz CT molecular complexity index is 534. The lowest BCUT2D eigenvalue weighted by atomic mass is 10.1. The molecule has 1 heterocycles. The third kappa shape index (κ3) is 3.55. The molecule has 2 N–H and O–H groups in total. The predicted molar refractivity (Wildman–Crippen MR) is 79.6 cm³/mol. The number of ether oxygens (including phenoxy) is 1. The quantitative estimate of drug-likeness (QED) is 0.902. The van der Waals surface area contributed by atoms with Crippen molar-refractivity contribution in [3.63, 3.8) is 0 Å². The summed E-state index contributed by atoms with van der Waals surface area (Å²) in [6.07, 6.45) is 0. The molecule has 0 bridgehead atoms. The number of aromatic nitrogens is 1. The molecule has 1 aromatic heterocycles. The van der Waals surface area contributed by atoms with Crippen LogP contribution >= 0.6 is 11.3 Å². The van der Waals surface area contributed by atoms with Gasteiger partial charge in [-0.15, -0.1) is 11.3 Å². The molecule has 0 unspecified atom stereocenters. The Morgan fingerprint density at radius 2 is 2.00 bits per heavy atom. The largest absolute Gasteiger partial charge is 0.487 e. The van der Waals surface area contributed by atoms with Crippen LogP contribution in [0.1, 0.15) is 49.0 Å². The highest BCUT2D eigenvalue weighted by Crippen LogP contribution is 2.25. The number of benzene rings is 1. The lowest BCUT2D eigenvalue weighted by Crippen LogP contribution is -2.08. The molecule has 0 aliphatic rings. The van der Waals surface area contributed by atoms with E-state index in [9.17, 15) is 0 Å². The zero-order chi connectivity index (χ0) is 13.8. The van der Waals surface area contributed by atoms with Crippen molar-refractivity contribution in [1.29, 1.82) is 0 Å².